The van der Waals surface area contributed by atoms with Gasteiger partial charge in [-0.1, -0.05) is 0 Å². The van der Waals surface area contributed by atoms with Crippen molar-refractivity contribution >= 4 is 23.2 Å². The molecule has 4 rings (SSSR count). The Hall–Kier alpha value is -1.57. The van der Waals surface area contributed by atoms with Crippen molar-refractivity contribution in [1.29, 1.82) is 0 Å². The number of Topliss-reactive ketones (excluding diaryl/α,β-unsaturated/α-hetero) is 1. The van der Waals surface area contributed by atoms with Gasteiger partial charge in [0, 0.05) is 17.9 Å². The first kappa shape index (κ1) is 18.8. The summed E-state index contributed by atoms with van der Waals surface area (Å²) in [6, 6.07) is 0. The number of methoxy groups -OCH3 is 3. The molecule has 148 valence electrons. The van der Waals surface area contributed by atoms with Gasteiger partial charge in [-0.3, -0.25) is 14.5 Å². The topological polar surface area (TPSA) is 85.3 Å². The number of carbonyl (C=O) groups excluding carboxylic acids is 2. The third-order valence-electron chi connectivity index (χ3n) is 7.40. The van der Waals surface area contributed by atoms with Crippen molar-refractivity contribution < 1.29 is 28.9 Å². The van der Waals surface area contributed by atoms with Crippen molar-refractivity contribution in [3.63, 3.8) is 0 Å². The van der Waals surface area contributed by atoms with E-state index in [-0.39, 0.29) is 29.5 Å². The Labute approximate surface area is 162 Å². The second-order valence-electron chi connectivity index (χ2n) is 7.84. The summed E-state index contributed by atoms with van der Waals surface area (Å²) in [5, 5.41) is 10.5. The fourth-order valence-corrected chi connectivity index (χ4v) is 7.08. The molecule has 0 aromatic heterocycles. The lowest BCUT2D eigenvalue weighted by atomic mass is 9.52. The predicted molar refractivity (Wildman–Crippen MR) is 95.9 cm³/mol. The van der Waals surface area contributed by atoms with Crippen LogP contribution in [-0.2, 0) is 23.8 Å². The SMILES string of the molecule is COC1=CC(=O)[C@@]2([C@@H]1O)[C@@H](Cl)C[C@]13C(OC)=C(OC)C(=O)C[C@]21CCN3C. The number of rotatable bonds is 3. The van der Waals surface area contributed by atoms with E-state index in [2.05, 4.69) is 4.90 Å². The lowest BCUT2D eigenvalue weighted by molar-refractivity contribution is -0.148. The molecule has 27 heavy (non-hydrogen) atoms. The predicted octanol–water partition coefficient (Wildman–Crippen LogP) is 0.996. The fraction of sp³-hybridized carbons (Fsp3) is 0.684. The number of alkyl halides is 1. The number of ether oxygens (including phenoxy) is 3. The highest BCUT2D eigenvalue weighted by atomic mass is 35.5. The van der Waals surface area contributed by atoms with E-state index in [9.17, 15) is 14.7 Å². The van der Waals surface area contributed by atoms with E-state index < -0.39 is 27.8 Å². The molecule has 7 nitrogen and oxygen atoms in total. The zero-order chi connectivity index (χ0) is 19.8. The van der Waals surface area contributed by atoms with E-state index in [0.717, 1.165) is 0 Å². The van der Waals surface area contributed by atoms with E-state index in [4.69, 9.17) is 25.8 Å². The molecule has 0 bridgehead atoms. The first-order valence-corrected chi connectivity index (χ1v) is 9.41. The van der Waals surface area contributed by atoms with Gasteiger partial charge in [-0.25, -0.2) is 0 Å². The normalized spacial score (nSPS) is 43.9. The molecule has 5 atom stereocenters. The molecular formula is C19H24ClNO6. The average Bonchev–Trinajstić information content (AvgIpc) is 3.15. The van der Waals surface area contributed by atoms with E-state index in [1.54, 1.807) is 0 Å². The van der Waals surface area contributed by atoms with Crippen LogP contribution in [-0.4, -0.2) is 73.5 Å². The molecule has 8 heteroatoms. The summed E-state index contributed by atoms with van der Waals surface area (Å²) < 4.78 is 16.4. The van der Waals surface area contributed by atoms with Gasteiger partial charge in [0.2, 0.25) is 11.5 Å². The summed E-state index contributed by atoms with van der Waals surface area (Å²) in [6.45, 7) is 0.644. The van der Waals surface area contributed by atoms with Gasteiger partial charge in [0.1, 0.15) is 11.9 Å². The number of ketones is 2. The lowest BCUT2D eigenvalue weighted by Gasteiger charge is -2.53. The maximum absolute atomic E-state index is 13.3. The molecule has 2 fully saturated rings. The zero-order valence-corrected chi connectivity index (χ0v) is 16.6. The van der Waals surface area contributed by atoms with E-state index in [0.29, 0.717) is 25.1 Å². The second kappa shape index (κ2) is 5.72. The molecule has 3 aliphatic carbocycles. The van der Waals surface area contributed by atoms with Crippen molar-refractivity contribution in [2.24, 2.45) is 10.8 Å². The molecule has 0 aromatic carbocycles. The minimum atomic E-state index is -1.34. The molecule has 1 N–H and O–H groups in total. The van der Waals surface area contributed by atoms with Gasteiger partial charge >= 0.3 is 0 Å². The average molecular weight is 398 g/mol. The number of allylic oxidation sites excluding steroid dienone is 2. The van der Waals surface area contributed by atoms with Crippen molar-refractivity contribution in [3.05, 3.63) is 23.4 Å². The standard InChI is InChI=1S/C19H24ClNO6/c1-21-6-5-17-8-10(22)14(26-3)16(27-4)18(17,21)9-12(20)19(17)13(23)7-11(25-2)15(19)24/h7,12,15,24H,5-6,8-9H2,1-4H3/t12-,15+,17-,18-,19+/m0/s1. The monoisotopic (exact) mass is 397 g/mol. The smallest absolute Gasteiger partial charge is 0.201 e. The van der Waals surface area contributed by atoms with Gasteiger partial charge in [0.05, 0.1) is 37.7 Å². The summed E-state index contributed by atoms with van der Waals surface area (Å²) in [7, 11) is 6.29. The van der Waals surface area contributed by atoms with Crippen LogP contribution in [0.3, 0.4) is 0 Å². The minimum absolute atomic E-state index is 0.0597. The van der Waals surface area contributed by atoms with E-state index in [1.165, 1.54) is 27.4 Å². The molecule has 4 aliphatic rings. The van der Waals surface area contributed by atoms with Gasteiger partial charge in [-0.15, -0.1) is 11.6 Å². The first-order valence-electron chi connectivity index (χ1n) is 8.97. The summed E-state index contributed by atoms with van der Waals surface area (Å²) in [6.07, 6.45) is 1.08. The van der Waals surface area contributed by atoms with Gasteiger partial charge in [0.25, 0.3) is 0 Å². The van der Waals surface area contributed by atoms with Crippen LogP contribution in [0.4, 0.5) is 0 Å². The highest BCUT2D eigenvalue weighted by molar-refractivity contribution is 6.25. The maximum Gasteiger partial charge on any atom is 0.201 e. The van der Waals surface area contributed by atoms with Gasteiger partial charge in [-0.2, -0.15) is 0 Å². The van der Waals surface area contributed by atoms with Crippen LogP contribution >= 0.6 is 11.6 Å². The van der Waals surface area contributed by atoms with Gasteiger partial charge < -0.3 is 19.3 Å². The molecule has 1 heterocycles. The van der Waals surface area contributed by atoms with Gasteiger partial charge in [-0.05, 0) is 26.4 Å². The number of hydrogen-bond donors (Lipinski definition) is 1. The van der Waals surface area contributed by atoms with E-state index >= 15 is 0 Å². The lowest BCUT2D eigenvalue weighted by Crippen LogP contribution is -2.63. The third kappa shape index (κ3) is 1.72. The van der Waals surface area contributed by atoms with E-state index in [1.807, 2.05) is 7.05 Å². The number of carbonyl (C=O) groups is 2. The van der Waals surface area contributed by atoms with Crippen molar-refractivity contribution in [2.75, 3.05) is 34.9 Å². The molecule has 1 aliphatic heterocycles. The molecule has 1 saturated carbocycles. The minimum Gasteiger partial charge on any atom is -0.498 e. The highest BCUT2D eigenvalue weighted by Gasteiger charge is 2.83. The molecule has 0 unspecified atom stereocenters. The summed E-state index contributed by atoms with van der Waals surface area (Å²) in [5.41, 5.74) is -3.05. The number of likely N-dealkylation sites (N-methyl/N-ethyl adjacent to an activating group) is 1. The van der Waals surface area contributed by atoms with Crippen LogP contribution in [0.2, 0.25) is 0 Å². The van der Waals surface area contributed by atoms with Crippen molar-refractivity contribution in [3.8, 4) is 0 Å². The number of aliphatic hydroxyl groups is 1. The third-order valence-corrected chi connectivity index (χ3v) is 7.90. The van der Waals surface area contributed by atoms with Crippen LogP contribution in [0, 0.1) is 10.8 Å². The molecule has 1 spiro atoms. The van der Waals surface area contributed by atoms with Crippen LogP contribution in [0.25, 0.3) is 0 Å². The summed E-state index contributed by atoms with van der Waals surface area (Å²) in [4.78, 5) is 28.4. The number of hydrogen-bond acceptors (Lipinski definition) is 7. The molecular weight excluding hydrogens is 374 g/mol. The number of nitrogens with zero attached hydrogens (tertiary/aromatic N) is 1. The van der Waals surface area contributed by atoms with Crippen LogP contribution in [0.1, 0.15) is 19.3 Å². The Kier molecular flexibility index (Phi) is 3.98. The van der Waals surface area contributed by atoms with Crippen LogP contribution in [0.15, 0.2) is 23.4 Å². The van der Waals surface area contributed by atoms with Crippen molar-refractivity contribution in [1.82, 2.24) is 4.90 Å². The Morgan fingerprint density at radius 1 is 1.22 bits per heavy atom. The highest BCUT2D eigenvalue weighted by Crippen LogP contribution is 2.74. The maximum atomic E-state index is 13.3. The van der Waals surface area contributed by atoms with Crippen molar-refractivity contribution in [2.45, 2.75) is 36.3 Å². The largest absolute Gasteiger partial charge is 0.498 e. The Balaban J connectivity index is 2.04. The molecule has 0 aromatic rings. The fourth-order valence-electron chi connectivity index (χ4n) is 6.42. The molecule has 0 amide bonds. The molecule has 0 radical (unpaired) electrons. The molecule has 1 saturated heterocycles. The summed E-state index contributed by atoms with van der Waals surface area (Å²) >= 11 is 6.85. The second-order valence-corrected chi connectivity index (χ2v) is 8.37. The Morgan fingerprint density at radius 3 is 2.48 bits per heavy atom. The quantitative estimate of drug-likeness (QED) is 0.711. The number of halogens is 1. The van der Waals surface area contributed by atoms with Crippen LogP contribution in [0.5, 0.6) is 0 Å². The number of aliphatic hydroxyl groups excluding tert-OH is 1. The summed E-state index contributed by atoms with van der Waals surface area (Å²) in [5.74, 6) is 0.236. The zero-order valence-electron chi connectivity index (χ0n) is 15.9. The van der Waals surface area contributed by atoms with Gasteiger partial charge in [0.15, 0.2) is 11.5 Å². The van der Waals surface area contributed by atoms with Crippen LogP contribution < -0.4 is 0 Å². The Bertz CT molecular complexity index is 793. The first-order chi connectivity index (χ1) is 12.8. The Morgan fingerprint density at radius 2 is 1.93 bits per heavy atom. The number of likely N-dealkylation sites (tertiary alicyclic amines) is 1.